The van der Waals surface area contributed by atoms with Crippen LogP contribution in [-0.2, 0) is 7.05 Å². The number of benzene rings is 1. The third kappa shape index (κ3) is 1.13. The summed E-state index contributed by atoms with van der Waals surface area (Å²) >= 11 is 0. The van der Waals surface area contributed by atoms with Crippen LogP contribution in [-0.4, -0.2) is 10.4 Å². The van der Waals surface area contributed by atoms with Gasteiger partial charge in [0.25, 0.3) is 0 Å². The maximum atomic E-state index is 13.4. The number of hydrogen-bond acceptors (Lipinski definition) is 1. The molecule has 0 bridgehead atoms. The van der Waals surface area contributed by atoms with Gasteiger partial charge in [0.15, 0.2) is 5.78 Å². The Bertz CT molecular complexity index is 513. The van der Waals surface area contributed by atoms with Crippen molar-refractivity contribution in [1.82, 2.24) is 4.57 Å². The lowest BCUT2D eigenvalue weighted by atomic mass is 10.1. The summed E-state index contributed by atoms with van der Waals surface area (Å²) in [5, 5.41) is 0.681. The minimum Gasteiger partial charge on any atom is -0.347 e. The molecule has 1 heterocycles. The zero-order valence-corrected chi connectivity index (χ0v) is 8.04. The van der Waals surface area contributed by atoms with Crippen LogP contribution in [0, 0.1) is 5.82 Å². The number of carbonyl (C=O) groups is 1. The zero-order valence-electron chi connectivity index (χ0n) is 8.04. The largest absolute Gasteiger partial charge is 0.347 e. The molecule has 3 heteroatoms. The lowest BCUT2D eigenvalue weighted by molar-refractivity contribution is 0.101. The number of fused-ring (bicyclic) bond motifs is 1. The molecule has 2 rings (SSSR count). The van der Waals surface area contributed by atoms with E-state index in [-0.39, 0.29) is 11.6 Å². The van der Waals surface area contributed by atoms with E-state index in [0.717, 1.165) is 0 Å². The van der Waals surface area contributed by atoms with E-state index >= 15 is 0 Å². The molecule has 0 aliphatic heterocycles. The molecule has 0 saturated heterocycles. The Morgan fingerprint density at radius 3 is 2.79 bits per heavy atom. The average molecular weight is 191 g/mol. The van der Waals surface area contributed by atoms with Crippen LogP contribution in [0.1, 0.15) is 17.3 Å². The van der Waals surface area contributed by atoms with Crippen molar-refractivity contribution in [2.75, 3.05) is 0 Å². The van der Waals surface area contributed by atoms with Crippen molar-refractivity contribution in [3.8, 4) is 0 Å². The first-order valence-electron chi connectivity index (χ1n) is 4.35. The van der Waals surface area contributed by atoms with Crippen molar-refractivity contribution >= 4 is 16.7 Å². The molecule has 2 nitrogen and oxygen atoms in total. The van der Waals surface area contributed by atoms with Gasteiger partial charge < -0.3 is 4.57 Å². The number of aryl methyl sites for hydroxylation is 1. The van der Waals surface area contributed by atoms with Crippen molar-refractivity contribution in [3.05, 3.63) is 35.8 Å². The third-order valence-corrected chi connectivity index (χ3v) is 2.33. The van der Waals surface area contributed by atoms with Gasteiger partial charge in [-0.3, -0.25) is 4.79 Å². The monoisotopic (exact) mass is 191 g/mol. The number of nitrogens with zero attached hydrogens (tertiary/aromatic N) is 1. The van der Waals surface area contributed by atoms with E-state index in [2.05, 4.69) is 0 Å². The Labute approximate surface area is 81.0 Å². The summed E-state index contributed by atoms with van der Waals surface area (Å²) in [6.45, 7) is 1.49. The summed E-state index contributed by atoms with van der Waals surface area (Å²) < 4.78 is 15.0. The van der Waals surface area contributed by atoms with Gasteiger partial charge in [-0.25, -0.2) is 4.39 Å². The summed E-state index contributed by atoms with van der Waals surface area (Å²) in [4.78, 5) is 11.2. The number of ketones is 1. The van der Waals surface area contributed by atoms with Gasteiger partial charge in [0, 0.05) is 24.2 Å². The zero-order chi connectivity index (χ0) is 10.3. The normalized spacial score (nSPS) is 10.8. The molecular formula is C11H10FNO. The van der Waals surface area contributed by atoms with Gasteiger partial charge in [-0.1, -0.05) is 12.1 Å². The van der Waals surface area contributed by atoms with Crippen molar-refractivity contribution in [2.45, 2.75) is 6.92 Å². The Balaban J connectivity index is 2.91. The van der Waals surface area contributed by atoms with Crippen LogP contribution < -0.4 is 0 Å². The molecule has 0 aliphatic rings. The van der Waals surface area contributed by atoms with Crippen LogP contribution in [0.2, 0.25) is 0 Å². The fourth-order valence-corrected chi connectivity index (χ4v) is 1.70. The summed E-state index contributed by atoms with van der Waals surface area (Å²) in [6.07, 6.45) is 1.66. The maximum absolute atomic E-state index is 13.4. The molecule has 14 heavy (non-hydrogen) atoms. The van der Waals surface area contributed by atoms with Gasteiger partial charge in [-0.15, -0.1) is 0 Å². The third-order valence-electron chi connectivity index (χ3n) is 2.33. The van der Waals surface area contributed by atoms with Gasteiger partial charge >= 0.3 is 0 Å². The number of Topliss-reactive ketones (excluding diaryl/α,β-unsaturated/α-hetero) is 1. The molecule has 72 valence electrons. The molecule has 0 amide bonds. The van der Waals surface area contributed by atoms with E-state index in [1.807, 2.05) is 0 Å². The number of para-hydroxylation sites is 1. The number of carbonyl (C=O) groups excluding carboxylic acids is 1. The lowest BCUT2D eigenvalue weighted by Gasteiger charge is -1.96. The van der Waals surface area contributed by atoms with Crippen molar-refractivity contribution in [2.24, 2.45) is 7.05 Å². The van der Waals surface area contributed by atoms with E-state index in [0.29, 0.717) is 16.5 Å². The Morgan fingerprint density at radius 2 is 2.14 bits per heavy atom. The van der Waals surface area contributed by atoms with Gasteiger partial charge in [0.1, 0.15) is 5.82 Å². The number of hydrogen-bond donors (Lipinski definition) is 0. The standard InChI is InChI=1S/C11H10FNO/c1-7(14)9-6-13(2)11-8(9)4-3-5-10(11)12/h3-6H,1-2H3. The SMILES string of the molecule is CC(=O)c1cn(C)c2c(F)cccc12. The molecular weight excluding hydrogens is 181 g/mol. The molecule has 0 radical (unpaired) electrons. The van der Waals surface area contributed by atoms with E-state index in [1.54, 1.807) is 29.9 Å². The Hall–Kier alpha value is -1.64. The highest BCUT2D eigenvalue weighted by Gasteiger charge is 2.12. The number of rotatable bonds is 1. The molecule has 1 aromatic carbocycles. The molecule has 1 aromatic heterocycles. The molecule has 0 saturated carbocycles. The Kier molecular flexibility index (Phi) is 1.88. The van der Waals surface area contributed by atoms with E-state index < -0.39 is 0 Å². The van der Waals surface area contributed by atoms with Crippen LogP contribution in [0.25, 0.3) is 10.9 Å². The van der Waals surface area contributed by atoms with Gasteiger partial charge in [0.2, 0.25) is 0 Å². The van der Waals surface area contributed by atoms with E-state index in [9.17, 15) is 9.18 Å². The maximum Gasteiger partial charge on any atom is 0.161 e. The first kappa shape index (κ1) is 8.94. The molecule has 0 unspecified atom stereocenters. The molecule has 0 spiro atoms. The van der Waals surface area contributed by atoms with Crippen molar-refractivity contribution in [3.63, 3.8) is 0 Å². The highest BCUT2D eigenvalue weighted by molar-refractivity contribution is 6.07. The van der Waals surface area contributed by atoms with Crippen LogP contribution in [0.4, 0.5) is 4.39 Å². The van der Waals surface area contributed by atoms with Gasteiger partial charge in [-0.2, -0.15) is 0 Å². The van der Waals surface area contributed by atoms with Crippen LogP contribution in [0.5, 0.6) is 0 Å². The summed E-state index contributed by atoms with van der Waals surface area (Å²) in [6, 6.07) is 4.77. The van der Waals surface area contributed by atoms with Gasteiger partial charge in [0.05, 0.1) is 5.52 Å². The second-order valence-corrected chi connectivity index (χ2v) is 3.35. The predicted molar refractivity (Wildman–Crippen MR) is 52.9 cm³/mol. The van der Waals surface area contributed by atoms with Crippen molar-refractivity contribution < 1.29 is 9.18 Å². The van der Waals surface area contributed by atoms with Crippen molar-refractivity contribution in [1.29, 1.82) is 0 Å². The molecule has 0 atom stereocenters. The topological polar surface area (TPSA) is 22.0 Å². The lowest BCUT2D eigenvalue weighted by Crippen LogP contribution is -1.88. The highest BCUT2D eigenvalue weighted by atomic mass is 19.1. The second kappa shape index (κ2) is 2.94. The molecule has 0 N–H and O–H groups in total. The smallest absolute Gasteiger partial charge is 0.161 e. The molecule has 2 aromatic rings. The minimum atomic E-state index is -0.294. The van der Waals surface area contributed by atoms with Crippen LogP contribution in [0.3, 0.4) is 0 Å². The Morgan fingerprint density at radius 1 is 1.43 bits per heavy atom. The quantitative estimate of drug-likeness (QED) is 0.635. The summed E-state index contributed by atoms with van der Waals surface area (Å²) in [7, 11) is 1.73. The molecule has 0 fully saturated rings. The van der Waals surface area contributed by atoms with Gasteiger partial charge in [-0.05, 0) is 13.0 Å². The fourth-order valence-electron chi connectivity index (χ4n) is 1.70. The van der Waals surface area contributed by atoms with E-state index in [4.69, 9.17) is 0 Å². The first-order chi connectivity index (χ1) is 6.61. The van der Waals surface area contributed by atoms with Crippen LogP contribution >= 0.6 is 0 Å². The summed E-state index contributed by atoms with van der Waals surface area (Å²) in [5.41, 5.74) is 1.06. The predicted octanol–water partition coefficient (Wildman–Crippen LogP) is 2.52. The second-order valence-electron chi connectivity index (χ2n) is 3.35. The first-order valence-corrected chi connectivity index (χ1v) is 4.35. The fraction of sp³-hybridized carbons (Fsp3) is 0.182. The highest BCUT2D eigenvalue weighted by Crippen LogP contribution is 2.23. The molecule has 0 aliphatic carbocycles. The minimum absolute atomic E-state index is 0.0406. The summed E-state index contributed by atoms with van der Waals surface area (Å²) in [5.74, 6) is -0.335. The number of halogens is 1. The van der Waals surface area contributed by atoms with E-state index in [1.165, 1.54) is 13.0 Å². The average Bonchev–Trinajstić information content (AvgIpc) is 2.45. The van der Waals surface area contributed by atoms with Crippen LogP contribution in [0.15, 0.2) is 24.4 Å². The number of aromatic nitrogens is 1.